The Bertz CT molecular complexity index is 659. The van der Waals surface area contributed by atoms with E-state index in [1.807, 2.05) is 17.5 Å². The van der Waals surface area contributed by atoms with E-state index in [4.69, 9.17) is 12.2 Å². The average Bonchev–Trinajstić information content (AvgIpc) is 3.20. The Hall–Kier alpha value is -0.870. The van der Waals surface area contributed by atoms with E-state index in [9.17, 15) is 14.7 Å². The fourth-order valence-electron chi connectivity index (χ4n) is 2.22. The molecule has 0 spiro atoms. The van der Waals surface area contributed by atoms with E-state index >= 15 is 0 Å². The largest absolute Gasteiger partial charge is 0.390 e. The van der Waals surface area contributed by atoms with Gasteiger partial charge in [0.2, 0.25) is 5.91 Å². The number of aliphatic hydroxyl groups is 1. The summed E-state index contributed by atoms with van der Waals surface area (Å²) in [6, 6.07) is 3.58. The topological polar surface area (TPSA) is 69.6 Å². The molecule has 0 saturated carbocycles. The Labute approximate surface area is 151 Å². The third-order valence-corrected chi connectivity index (χ3v) is 6.76. The summed E-state index contributed by atoms with van der Waals surface area (Å²) in [6.07, 6.45) is 1.26. The van der Waals surface area contributed by atoms with Crippen LogP contribution in [0.2, 0.25) is 0 Å². The van der Waals surface area contributed by atoms with E-state index in [0.29, 0.717) is 20.7 Å². The summed E-state index contributed by atoms with van der Waals surface area (Å²) in [7, 11) is 0. The van der Waals surface area contributed by atoms with Gasteiger partial charge in [-0.2, -0.15) is 11.8 Å². The molecule has 3 heterocycles. The second-order valence-corrected chi connectivity index (χ2v) is 8.79. The minimum atomic E-state index is -0.533. The van der Waals surface area contributed by atoms with Crippen molar-refractivity contribution in [2.75, 3.05) is 18.1 Å². The van der Waals surface area contributed by atoms with Gasteiger partial charge in [-0.05, 0) is 17.5 Å². The number of rotatable bonds is 4. The van der Waals surface area contributed by atoms with Crippen molar-refractivity contribution in [3.05, 3.63) is 27.3 Å². The summed E-state index contributed by atoms with van der Waals surface area (Å²) in [4.78, 5) is 27.3. The normalized spacial score (nSPS) is 26.3. The first kappa shape index (κ1) is 17.0. The van der Waals surface area contributed by atoms with Gasteiger partial charge in [-0.1, -0.05) is 30.0 Å². The molecule has 3 rings (SSSR count). The van der Waals surface area contributed by atoms with Crippen LogP contribution in [0.4, 0.5) is 0 Å². The lowest BCUT2D eigenvalue weighted by atomic mass is 10.2. The summed E-state index contributed by atoms with van der Waals surface area (Å²) in [6.45, 7) is -0.111. The van der Waals surface area contributed by atoms with E-state index in [1.165, 1.54) is 28.0 Å². The third kappa shape index (κ3) is 3.97. The SMILES string of the molecule is O=C(CN1C(=O)/C(=C/c2cccs2)SC1=S)N[C@@H]1CSC[C@H]1O. The van der Waals surface area contributed by atoms with Crippen molar-refractivity contribution >= 4 is 69.3 Å². The Morgan fingerprint density at radius 2 is 2.35 bits per heavy atom. The zero-order valence-corrected chi connectivity index (χ0v) is 15.2. The van der Waals surface area contributed by atoms with Gasteiger partial charge in [0.1, 0.15) is 10.9 Å². The Morgan fingerprint density at radius 1 is 1.52 bits per heavy atom. The number of nitrogens with zero attached hydrogens (tertiary/aromatic N) is 1. The van der Waals surface area contributed by atoms with E-state index in [0.717, 1.165) is 4.88 Å². The molecule has 0 aliphatic carbocycles. The van der Waals surface area contributed by atoms with Gasteiger partial charge >= 0.3 is 0 Å². The average molecular weight is 387 g/mol. The molecule has 2 aliphatic rings. The van der Waals surface area contributed by atoms with Crippen molar-refractivity contribution in [3.63, 3.8) is 0 Å². The maximum atomic E-state index is 12.4. The highest BCUT2D eigenvalue weighted by Crippen LogP contribution is 2.33. The standard InChI is InChI=1S/C14H14N2O3S4/c17-10-7-21-6-9(10)15-12(18)5-16-13(19)11(23-14(16)20)4-8-2-1-3-22-8/h1-4,9-10,17H,5-7H2,(H,15,18)/b11-4-/t9-,10-/m1/s1. The summed E-state index contributed by atoms with van der Waals surface area (Å²) >= 11 is 9.55. The van der Waals surface area contributed by atoms with Crippen LogP contribution in [0, 0.1) is 0 Å². The van der Waals surface area contributed by atoms with Gasteiger partial charge in [0.05, 0.1) is 17.1 Å². The van der Waals surface area contributed by atoms with Crippen LogP contribution in [-0.2, 0) is 9.59 Å². The molecule has 2 aliphatic heterocycles. The molecule has 122 valence electrons. The smallest absolute Gasteiger partial charge is 0.266 e. The van der Waals surface area contributed by atoms with Crippen molar-refractivity contribution in [2.45, 2.75) is 12.1 Å². The van der Waals surface area contributed by atoms with Crippen molar-refractivity contribution in [2.24, 2.45) is 0 Å². The first-order valence-electron chi connectivity index (χ1n) is 6.88. The summed E-state index contributed by atoms with van der Waals surface area (Å²) in [5.74, 6) is 0.759. The minimum Gasteiger partial charge on any atom is -0.390 e. The van der Waals surface area contributed by atoms with Crippen molar-refractivity contribution < 1.29 is 14.7 Å². The highest BCUT2D eigenvalue weighted by atomic mass is 32.2. The molecule has 1 aromatic heterocycles. The molecule has 0 radical (unpaired) electrons. The van der Waals surface area contributed by atoms with Gasteiger partial charge in [0.25, 0.3) is 5.91 Å². The van der Waals surface area contributed by atoms with Gasteiger partial charge in [0, 0.05) is 16.4 Å². The van der Waals surface area contributed by atoms with Crippen LogP contribution in [0.3, 0.4) is 0 Å². The van der Waals surface area contributed by atoms with Crippen LogP contribution in [0.15, 0.2) is 22.4 Å². The first-order valence-corrected chi connectivity index (χ1v) is 10.1. The number of amides is 2. The number of carbonyl (C=O) groups is 2. The molecular weight excluding hydrogens is 372 g/mol. The highest BCUT2D eigenvalue weighted by molar-refractivity contribution is 8.26. The van der Waals surface area contributed by atoms with Gasteiger partial charge < -0.3 is 10.4 Å². The summed E-state index contributed by atoms with van der Waals surface area (Å²) in [5, 5.41) is 14.4. The quantitative estimate of drug-likeness (QED) is 0.604. The summed E-state index contributed by atoms with van der Waals surface area (Å²) < 4.78 is 0.384. The minimum absolute atomic E-state index is 0.111. The van der Waals surface area contributed by atoms with Gasteiger partial charge in [-0.3, -0.25) is 14.5 Å². The molecule has 2 amide bonds. The molecule has 2 atom stereocenters. The monoisotopic (exact) mass is 386 g/mol. The predicted octanol–water partition coefficient (Wildman–Crippen LogP) is 1.54. The van der Waals surface area contributed by atoms with Crippen LogP contribution in [0.5, 0.6) is 0 Å². The van der Waals surface area contributed by atoms with Gasteiger partial charge in [-0.25, -0.2) is 0 Å². The number of nitrogens with one attached hydrogen (secondary N) is 1. The Morgan fingerprint density at radius 3 is 3.00 bits per heavy atom. The lowest BCUT2D eigenvalue weighted by Crippen LogP contribution is -2.47. The Balaban J connectivity index is 1.62. The maximum Gasteiger partial charge on any atom is 0.266 e. The molecule has 0 aromatic carbocycles. The van der Waals surface area contributed by atoms with Gasteiger partial charge in [-0.15, -0.1) is 11.3 Å². The first-order chi connectivity index (χ1) is 11.0. The molecule has 0 unspecified atom stereocenters. The number of aliphatic hydroxyl groups excluding tert-OH is 1. The maximum absolute atomic E-state index is 12.4. The van der Waals surface area contributed by atoms with E-state index < -0.39 is 6.10 Å². The molecule has 2 saturated heterocycles. The zero-order valence-electron chi connectivity index (χ0n) is 11.9. The molecule has 0 bridgehead atoms. The van der Waals surface area contributed by atoms with Crippen LogP contribution in [0.1, 0.15) is 4.88 Å². The fourth-order valence-corrected chi connectivity index (χ4v) is 5.36. The van der Waals surface area contributed by atoms with Crippen molar-refractivity contribution in [3.8, 4) is 0 Å². The number of hydrogen-bond acceptors (Lipinski definition) is 7. The van der Waals surface area contributed by atoms with E-state index in [1.54, 1.807) is 17.8 Å². The zero-order chi connectivity index (χ0) is 16.4. The van der Waals surface area contributed by atoms with Crippen LogP contribution < -0.4 is 5.32 Å². The van der Waals surface area contributed by atoms with Crippen LogP contribution in [0.25, 0.3) is 6.08 Å². The fraction of sp³-hybridized carbons (Fsp3) is 0.357. The second kappa shape index (κ2) is 7.35. The highest BCUT2D eigenvalue weighted by Gasteiger charge is 2.34. The number of thioether (sulfide) groups is 2. The second-order valence-electron chi connectivity index (χ2n) is 5.06. The lowest BCUT2D eigenvalue weighted by molar-refractivity contribution is -0.129. The number of hydrogen-bond donors (Lipinski definition) is 2. The van der Waals surface area contributed by atoms with E-state index in [-0.39, 0.29) is 24.4 Å². The molecule has 1 aromatic rings. The van der Waals surface area contributed by atoms with Crippen LogP contribution in [-0.4, -0.2) is 56.3 Å². The molecular formula is C14H14N2O3S4. The lowest BCUT2D eigenvalue weighted by Gasteiger charge is -2.18. The van der Waals surface area contributed by atoms with Gasteiger partial charge in [0.15, 0.2) is 0 Å². The molecule has 9 heteroatoms. The van der Waals surface area contributed by atoms with Crippen molar-refractivity contribution in [1.82, 2.24) is 10.2 Å². The Kier molecular flexibility index (Phi) is 5.42. The number of carbonyl (C=O) groups excluding carboxylic acids is 2. The molecule has 23 heavy (non-hydrogen) atoms. The summed E-state index contributed by atoms with van der Waals surface area (Å²) in [5.41, 5.74) is 0. The molecule has 2 fully saturated rings. The molecule has 2 N–H and O–H groups in total. The molecule has 5 nitrogen and oxygen atoms in total. The third-order valence-electron chi connectivity index (χ3n) is 3.39. The number of thiophene rings is 1. The van der Waals surface area contributed by atoms with Crippen LogP contribution >= 0.6 is 47.1 Å². The van der Waals surface area contributed by atoms with Crippen molar-refractivity contribution in [1.29, 1.82) is 0 Å². The predicted molar refractivity (Wildman–Crippen MR) is 99.5 cm³/mol. The number of thiocarbonyl (C=S) groups is 1. The van der Waals surface area contributed by atoms with E-state index in [2.05, 4.69) is 5.32 Å².